The number of hydrogen-bond donors (Lipinski definition) is 1. The van der Waals surface area contributed by atoms with Gasteiger partial charge in [-0.2, -0.15) is 0 Å². The largest absolute Gasteiger partial charge is 0.380 e. The molecule has 0 aliphatic carbocycles. The van der Waals surface area contributed by atoms with Crippen LogP contribution in [0.4, 0.5) is 0 Å². The van der Waals surface area contributed by atoms with E-state index in [2.05, 4.69) is 48.8 Å². The Balaban J connectivity index is 2.17. The topological polar surface area (TPSA) is 21.3 Å². The predicted molar refractivity (Wildman–Crippen MR) is 88.7 cm³/mol. The van der Waals surface area contributed by atoms with Gasteiger partial charge >= 0.3 is 0 Å². The normalized spacial score (nSPS) is 14.6. The molecule has 2 aromatic rings. The zero-order valence-corrected chi connectivity index (χ0v) is 13.5. The second kappa shape index (κ2) is 7.77. The van der Waals surface area contributed by atoms with Crippen molar-refractivity contribution in [3.8, 4) is 0 Å². The highest BCUT2D eigenvalue weighted by molar-refractivity contribution is 7.17. The van der Waals surface area contributed by atoms with E-state index in [1.54, 1.807) is 0 Å². The maximum absolute atomic E-state index is 5.66. The monoisotopic (exact) mass is 291 g/mol. The lowest BCUT2D eigenvalue weighted by molar-refractivity contribution is 0.0655. The van der Waals surface area contributed by atoms with Crippen molar-refractivity contribution in [2.45, 2.75) is 45.3 Å². The predicted octanol–water partition coefficient (Wildman–Crippen LogP) is 4.24. The van der Waals surface area contributed by atoms with Crippen molar-refractivity contribution < 1.29 is 4.74 Å². The third-order valence-corrected chi connectivity index (χ3v) is 4.82. The summed E-state index contributed by atoms with van der Waals surface area (Å²) in [6.07, 6.45) is 3.51. The maximum Gasteiger partial charge on any atom is 0.0724 e. The first kappa shape index (κ1) is 15.5. The Bertz CT molecular complexity index is 518. The van der Waals surface area contributed by atoms with Gasteiger partial charge in [-0.3, -0.25) is 0 Å². The molecule has 3 heteroatoms. The zero-order valence-electron chi connectivity index (χ0n) is 12.7. The third-order valence-electron chi connectivity index (χ3n) is 3.81. The Morgan fingerprint density at radius 1 is 1.25 bits per heavy atom. The number of methoxy groups -OCH3 is 1. The minimum absolute atomic E-state index is 0.278. The molecule has 0 amide bonds. The van der Waals surface area contributed by atoms with Crippen LogP contribution in [0.15, 0.2) is 29.6 Å². The van der Waals surface area contributed by atoms with Gasteiger partial charge in [0.1, 0.15) is 0 Å². The van der Waals surface area contributed by atoms with Crippen LogP contribution >= 0.6 is 11.3 Å². The second-order valence-electron chi connectivity index (χ2n) is 5.20. The van der Waals surface area contributed by atoms with Gasteiger partial charge in [-0.05, 0) is 48.2 Å². The Kier molecular flexibility index (Phi) is 6.02. The number of nitrogens with one attached hydrogen (secondary N) is 1. The highest BCUT2D eigenvalue weighted by Gasteiger charge is 2.20. The van der Waals surface area contributed by atoms with Crippen LogP contribution in [0.1, 0.15) is 32.3 Å². The van der Waals surface area contributed by atoms with Gasteiger partial charge in [0.25, 0.3) is 0 Å². The third kappa shape index (κ3) is 3.60. The molecule has 0 saturated heterocycles. The molecular weight excluding hydrogens is 266 g/mol. The van der Waals surface area contributed by atoms with Crippen LogP contribution in [0.3, 0.4) is 0 Å². The van der Waals surface area contributed by atoms with Crippen molar-refractivity contribution in [1.29, 1.82) is 0 Å². The summed E-state index contributed by atoms with van der Waals surface area (Å²) >= 11 is 1.84. The molecule has 110 valence electrons. The summed E-state index contributed by atoms with van der Waals surface area (Å²) in [6.45, 7) is 5.45. The van der Waals surface area contributed by atoms with Crippen LogP contribution in [-0.2, 0) is 11.2 Å². The van der Waals surface area contributed by atoms with Crippen LogP contribution < -0.4 is 5.32 Å². The van der Waals surface area contributed by atoms with E-state index in [4.69, 9.17) is 4.74 Å². The average Bonchev–Trinajstić information content (AvgIpc) is 2.89. The number of rotatable bonds is 8. The number of benzene rings is 1. The highest BCUT2D eigenvalue weighted by Crippen LogP contribution is 2.27. The molecule has 0 spiro atoms. The van der Waals surface area contributed by atoms with Crippen LogP contribution in [0, 0.1) is 0 Å². The lowest BCUT2D eigenvalue weighted by Crippen LogP contribution is -2.42. The van der Waals surface area contributed by atoms with E-state index in [0.29, 0.717) is 6.04 Å². The van der Waals surface area contributed by atoms with Crippen molar-refractivity contribution in [2.24, 2.45) is 0 Å². The van der Waals surface area contributed by atoms with E-state index < -0.39 is 0 Å². The van der Waals surface area contributed by atoms with Gasteiger partial charge in [-0.15, -0.1) is 11.3 Å². The Hall–Kier alpha value is -0.900. The standard InChI is InChI=1S/C17H25NOS/c1-4-10-18-15(16(5-2)19-3)11-13-12-20-17-9-7-6-8-14(13)17/h6-9,12,15-16,18H,4-5,10-11H2,1-3H3. The van der Waals surface area contributed by atoms with E-state index >= 15 is 0 Å². The SMILES string of the molecule is CCCNC(Cc1csc2ccccc12)C(CC)OC. The Morgan fingerprint density at radius 2 is 2.05 bits per heavy atom. The fourth-order valence-electron chi connectivity index (χ4n) is 2.71. The van der Waals surface area contributed by atoms with Gasteiger partial charge in [0.15, 0.2) is 0 Å². The molecule has 0 saturated carbocycles. The maximum atomic E-state index is 5.66. The summed E-state index contributed by atoms with van der Waals surface area (Å²) in [5, 5.41) is 7.35. The van der Waals surface area contributed by atoms with Crippen LogP contribution in [-0.4, -0.2) is 25.8 Å². The molecule has 2 unspecified atom stereocenters. The lowest BCUT2D eigenvalue weighted by Gasteiger charge is -2.26. The van der Waals surface area contributed by atoms with E-state index in [1.165, 1.54) is 15.6 Å². The summed E-state index contributed by atoms with van der Waals surface area (Å²) in [5.41, 5.74) is 1.44. The number of thiophene rings is 1. The van der Waals surface area contributed by atoms with E-state index in [9.17, 15) is 0 Å². The van der Waals surface area contributed by atoms with Crippen molar-refractivity contribution in [2.75, 3.05) is 13.7 Å². The van der Waals surface area contributed by atoms with Crippen molar-refractivity contribution in [3.05, 3.63) is 35.2 Å². The van der Waals surface area contributed by atoms with Gasteiger partial charge in [-0.1, -0.05) is 32.0 Å². The van der Waals surface area contributed by atoms with Crippen LogP contribution in [0.5, 0.6) is 0 Å². The average molecular weight is 291 g/mol. The van der Waals surface area contributed by atoms with Crippen molar-refractivity contribution in [3.63, 3.8) is 0 Å². The number of hydrogen-bond acceptors (Lipinski definition) is 3. The van der Waals surface area contributed by atoms with E-state index in [-0.39, 0.29) is 6.10 Å². The molecule has 2 atom stereocenters. The van der Waals surface area contributed by atoms with Crippen molar-refractivity contribution in [1.82, 2.24) is 5.32 Å². The fraction of sp³-hybridized carbons (Fsp3) is 0.529. The number of ether oxygens (including phenoxy) is 1. The Labute approximate surface area is 126 Å². The molecule has 1 N–H and O–H groups in total. The molecule has 0 radical (unpaired) electrons. The van der Waals surface area contributed by atoms with Crippen LogP contribution in [0.2, 0.25) is 0 Å². The molecule has 0 fully saturated rings. The molecule has 0 aliphatic heterocycles. The summed E-state index contributed by atoms with van der Waals surface area (Å²) in [4.78, 5) is 0. The number of fused-ring (bicyclic) bond motifs is 1. The summed E-state index contributed by atoms with van der Waals surface area (Å²) in [7, 11) is 1.82. The molecular formula is C17H25NOS. The summed E-state index contributed by atoms with van der Waals surface area (Å²) in [6, 6.07) is 9.06. The van der Waals surface area contributed by atoms with Gasteiger partial charge in [0.2, 0.25) is 0 Å². The smallest absolute Gasteiger partial charge is 0.0724 e. The van der Waals surface area contributed by atoms with Gasteiger partial charge in [0.05, 0.1) is 6.10 Å². The first-order valence-corrected chi connectivity index (χ1v) is 8.39. The summed E-state index contributed by atoms with van der Waals surface area (Å²) in [5.74, 6) is 0. The van der Waals surface area contributed by atoms with Crippen molar-refractivity contribution >= 4 is 21.4 Å². The molecule has 0 bridgehead atoms. The zero-order chi connectivity index (χ0) is 14.4. The summed E-state index contributed by atoms with van der Waals surface area (Å²) < 4.78 is 7.04. The molecule has 0 aliphatic rings. The minimum atomic E-state index is 0.278. The van der Waals surface area contributed by atoms with Crippen LogP contribution in [0.25, 0.3) is 10.1 Å². The highest BCUT2D eigenvalue weighted by atomic mass is 32.1. The molecule has 1 heterocycles. The Morgan fingerprint density at radius 3 is 2.75 bits per heavy atom. The van der Waals surface area contributed by atoms with Gasteiger partial charge in [-0.25, -0.2) is 0 Å². The lowest BCUT2D eigenvalue weighted by atomic mass is 9.99. The van der Waals surface area contributed by atoms with E-state index in [0.717, 1.165) is 25.8 Å². The second-order valence-corrected chi connectivity index (χ2v) is 6.12. The van der Waals surface area contributed by atoms with E-state index in [1.807, 2.05) is 18.4 Å². The molecule has 1 aromatic heterocycles. The quantitative estimate of drug-likeness (QED) is 0.785. The molecule has 1 aromatic carbocycles. The minimum Gasteiger partial charge on any atom is -0.380 e. The van der Waals surface area contributed by atoms with Gasteiger partial charge in [0, 0.05) is 17.9 Å². The first-order chi connectivity index (χ1) is 9.80. The van der Waals surface area contributed by atoms with Gasteiger partial charge < -0.3 is 10.1 Å². The fourth-order valence-corrected chi connectivity index (χ4v) is 3.68. The first-order valence-electron chi connectivity index (χ1n) is 7.51. The molecule has 2 nitrogen and oxygen atoms in total. The molecule has 20 heavy (non-hydrogen) atoms. The molecule has 2 rings (SSSR count).